The number of allylic oxidation sites excluding steroid dienone is 1. The lowest BCUT2D eigenvalue weighted by atomic mass is 9.87. The number of hydrogen-bond acceptors (Lipinski definition) is 3. The van der Waals surface area contributed by atoms with Gasteiger partial charge in [-0.15, -0.1) is 0 Å². The summed E-state index contributed by atoms with van der Waals surface area (Å²) in [6.07, 6.45) is 1.84. The number of aromatic carboxylic acids is 1. The lowest BCUT2D eigenvalue weighted by Gasteiger charge is -2.17. The standard InChI is InChI=1S/C23H17NO3/c1-2-20(25)22-19(24)11-10-17(23(26)27)21(22)16-9-5-8-15-14-7-4-3-6-13(14)12-18(15)16/h2-11H,1,12,24H2,(H,26,27). The maximum Gasteiger partial charge on any atom is 0.336 e. The highest BCUT2D eigenvalue weighted by atomic mass is 16.4. The molecule has 3 N–H and O–H groups in total. The number of carboxylic acid groups (broad SMARTS) is 1. The number of ketones is 1. The van der Waals surface area contributed by atoms with Crippen LogP contribution in [-0.2, 0) is 6.42 Å². The molecule has 0 heterocycles. The fourth-order valence-corrected chi connectivity index (χ4v) is 3.84. The number of benzene rings is 3. The predicted molar refractivity (Wildman–Crippen MR) is 106 cm³/mol. The Morgan fingerprint density at radius 3 is 2.41 bits per heavy atom. The average Bonchev–Trinajstić information content (AvgIpc) is 3.05. The van der Waals surface area contributed by atoms with Crippen molar-refractivity contribution >= 4 is 17.4 Å². The van der Waals surface area contributed by atoms with Crippen molar-refractivity contribution in [3.8, 4) is 22.3 Å². The number of nitrogen functional groups attached to an aromatic ring is 1. The van der Waals surface area contributed by atoms with Gasteiger partial charge in [0, 0.05) is 11.3 Å². The predicted octanol–water partition coefficient (Wildman–Crippen LogP) is 4.57. The van der Waals surface area contributed by atoms with Crippen LogP contribution in [0.2, 0.25) is 0 Å². The zero-order chi connectivity index (χ0) is 19.1. The zero-order valence-corrected chi connectivity index (χ0v) is 14.5. The summed E-state index contributed by atoms with van der Waals surface area (Å²) in [5.41, 5.74) is 12.0. The van der Waals surface area contributed by atoms with Crippen LogP contribution in [0.5, 0.6) is 0 Å². The van der Waals surface area contributed by atoms with Crippen molar-refractivity contribution in [2.75, 3.05) is 5.73 Å². The number of nitrogens with two attached hydrogens (primary N) is 1. The number of hydrogen-bond donors (Lipinski definition) is 2. The lowest BCUT2D eigenvalue weighted by molar-refractivity contribution is 0.0697. The summed E-state index contributed by atoms with van der Waals surface area (Å²) in [6, 6.07) is 16.8. The van der Waals surface area contributed by atoms with Gasteiger partial charge in [0.25, 0.3) is 0 Å². The van der Waals surface area contributed by atoms with Crippen molar-refractivity contribution < 1.29 is 14.7 Å². The molecule has 0 aromatic heterocycles. The highest BCUT2D eigenvalue weighted by molar-refractivity contribution is 6.16. The van der Waals surface area contributed by atoms with Crippen LogP contribution in [0.15, 0.2) is 67.3 Å². The monoisotopic (exact) mass is 355 g/mol. The van der Waals surface area contributed by atoms with E-state index in [9.17, 15) is 14.7 Å². The van der Waals surface area contributed by atoms with Crippen molar-refractivity contribution in [3.05, 3.63) is 89.5 Å². The average molecular weight is 355 g/mol. The first-order valence-corrected chi connectivity index (χ1v) is 8.56. The molecule has 0 aliphatic heterocycles. The van der Waals surface area contributed by atoms with Crippen LogP contribution in [0.25, 0.3) is 22.3 Å². The molecule has 4 heteroatoms. The van der Waals surface area contributed by atoms with Crippen molar-refractivity contribution in [1.29, 1.82) is 0 Å². The summed E-state index contributed by atoms with van der Waals surface area (Å²) in [5.74, 6) is -1.49. The SMILES string of the molecule is C=CC(=O)c1c(N)ccc(C(=O)O)c1-c1cccc2c1Cc1ccccc1-2. The number of carbonyl (C=O) groups is 2. The minimum absolute atomic E-state index is 0.0544. The summed E-state index contributed by atoms with van der Waals surface area (Å²) in [6.45, 7) is 3.54. The Bertz CT molecular complexity index is 1130. The van der Waals surface area contributed by atoms with Gasteiger partial charge in [-0.1, -0.05) is 49.0 Å². The first-order valence-electron chi connectivity index (χ1n) is 8.56. The third-order valence-electron chi connectivity index (χ3n) is 5.02. The van der Waals surface area contributed by atoms with E-state index < -0.39 is 11.8 Å². The molecule has 0 spiro atoms. The molecule has 0 radical (unpaired) electrons. The molecule has 132 valence electrons. The van der Waals surface area contributed by atoms with Gasteiger partial charge in [-0.3, -0.25) is 4.79 Å². The van der Waals surface area contributed by atoms with Crippen LogP contribution < -0.4 is 5.73 Å². The number of fused-ring (bicyclic) bond motifs is 3. The maximum atomic E-state index is 12.5. The molecule has 0 saturated heterocycles. The Labute approximate surface area is 156 Å². The third kappa shape index (κ3) is 2.54. The number of carboxylic acids is 1. The second-order valence-electron chi connectivity index (χ2n) is 6.49. The van der Waals surface area contributed by atoms with Crippen LogP contribution in [-0.4, -0.2) is 16.9 Å². The molecule has 0 unspecified atom stereocenters. The zero-order valence-electron chi connectivity index (χ0n) is 14.5. The van der Waals surface area contributed by atoms with Crippen molar-refractivity contribution in [1.82, 2.24) is 0 Å². The highest BCUT2D eigenvalue weighted by Gasteiger charge is 2.27. The molecule has 0 amide bonds. The number of anilines is 1. The third-order valence-corrected chi connectivity index (χ3v) is 5.02. The molecule has 0 saturated carbocycles. The van der Waals surface area contributed by atoms with Crippen molar-refractivity contribution in [2.45, 2.75) is 6.42 Å². The fourth-order valence-electron chi connectivity index (χ4n) is 3.84. The molecule has 1 aliphatic carbocycles. The normalized spacial score (nSPS) is 11.6. The van der Waals surface area contributed by atoms with E-state index in [0.717, 1.165) is 22.3 Å². The van der Waals surface area contributed by atoms with E-state index >= 15 is 0 Å². The molecular formula is C23H17NO3. The van der Waals surface area contributed by atoms with E-state index in [1.807, 2.05) is 30.3 Å². The Hall–Kier alpha value is -3.66. The molecule has 4 rings (SSSR count). The Morgan fingerprint density at radius 1 is 0.963 bits per heavy atom. The molecule has 0 atom stereocenters. The van der Waals surface area contributed by atoms with Crippen molar-refractivity contribution in [3.63, 3.8) is 0 Å². The van der Waals surface area contributed by atoms with Gasteiger partial charge in [0.05, 0.1) is 11.1 Å². The maximum absolute atomic E-state index is 12.5. The van der Waals surface area contributed by atoms with Crippen LogP contribution in [0.1, 0.15) is 31.8 Å². The summed E-state index contributed by atoms with van der Waals surface area (Å²) in [4.78, 5) is 24.4. The number of carbonyl (C=O) groups excluding carboxylic acids is 1. The first-order chi connectivity index (χ1) is 13.0. The van der Waals surface area contributed by atoms with Gasteiger partial charge in [-0.2, -0.15) is 0 Å². The summed E-state index contributed by atoms with van der Waals surface area (Å²) in [7, 11) is 0. The van der Waals surface area contributed by atoms with E-state index in [1.165, 1.54) is 23.8 Å². The second kappa shape index (κ2) is 6.25. The van der Waals surface area contributed by atoms with Crippen LogP contribution >= 0.6 is 0 Å². The molecular weight excluding hydrogens is 338 g/mol. The fraction of sp³-hybridized carbons (Fsp3) is 0.0435. The van der Waals surface area contributed by atoms with E-state index in [-0.39, 0.29) is 16.8 Å². The van der Waals surface area contributed by atoms with Crippen molar-refractivity contribution in [2.24, 2.45) is 0 Å². The Morgan fingerprint density at radius 2 is 1.67 bits per heavy atom. The van der Waals surface area contributed by atoms with Gasteiger partial charge < -0.3 is 10.8 Å². The van der Waals surface area contributed by atoms with Gasteiger partial charge in [0.1, 0.15) is 0 Å². The van der Waals surface area contributed by atoms with Gasteiger partial charge in [-0.05, 0) is 52.4 Å². The molecule has 1 aliphatic rings. The van der Waals surface area contributed by atoms with Gasteiger partial charge in [-0.25, -0.2) is 4.79 Å². The molecule has 4 nitrogen and oxygen atoms in total. The number of rotatable bonds is 4. The lowest BCUT2D eigenvalue weighted by Crippen LogP contribution is -2.10. The second-order valence-corrected chi connectivity index (χ2v) is 6.49. The summed E-state index contributed by atoms with van der Waals surface area (Å²) >= 11 is 0. The van der Waals surface area contributed by atoms with E-state index in [1.54, 1.807) is 0 Å². The van der Waals surface area contributed by atoms with Crippen LogP contribution in [0.4, 0.5) is 5.69 Å². The minimum atomic E-state index is -1.10. The molecule has 0 fully saturated rings. The van der Waals surface area contributed by atoms with E-state index in [2.05, 4.69) is 18.7 Å². The molecule has 3 aromatic carbocycles. The largest absolute Gasteiger partial charge is 0.478 e. The minimum Gasteiger partial charge on any atom is -0.478 e. The Kier molecular flexibility index (Phi) is 3.89. The van der Waals surface area contributed by atoms with E-state index in [0.29, 0.717) is 12.0 Å². The van der Waals surface area contributed by atoms with Crippen LogP contribution in [0.3, 0.4) is 0 Å². The van der Waals surface area contributed by atoms with Gasteiger partial charge in [0.15, 0.2) is 5.78 Å². The molecule has 27 heavy (non-hydrogen) atoms. The smallest absolute Gasteiger partial charge is 0.336 e. The Balaban J connectivity index is 2.07. The molecule has 0 bridgehead atoms. The highest BCUT2D eigenvalue weighted by Crippen LogP contribution is 2.44. The van der Waals surface area contributed by atoms with Gasteiger partial charge >= 0.3 is 5.97 Å². The summed E-state index contributed by atoms with van der Waals surface area (Å²) in [5, 5.41) is 9.74. The topological polar surface area (TPSA) is 80.4 Å². The van der Waals surface area contributed by atoms with Gasteiger partial charge in [0.2, 0.25) is 0 Å². The molecule has 3 aromatic rings. The summed E-state index contributed by atoms with van der Waals surface area (Å²) < 4.78 is 0. The first kappa shape index (κ1) is 16.8. The van der Waals surface area contributed by atoms with E-state index in [4.69, 9.17) is 5.73 Å². The van der Waals surface area contributed by atoms with Crippen LogP contribution in [0, 0.1) is 0 Å². The quantitative estimate of drug-likeness (QED) is 0.319.